The van der Waals surface area contributed by atoms with E-state index in [4.69, 9.17) is 9.98 Å². The Hall–Kier alpha value is -1.17. The van der Waals surface area contributed by atoms with Crippen LogP contribution in [0, 0.1) is 0 Å². The Morgan fingerprint density at radius 3 is 2.93 bits per heavy atom. The largest absolute Gasteiger partial charge is 0.357 e. The average Bonchev–Trinajstić information content (AvgIpc) is 3.11. The molecule has 3 aliphatic rings. The van der Waals surface area contributed by atoms with Gasteiger partial charge < -0.3 is 14.8 Å². The quantitative estimate of drug-likeness (QED) is 0.633. The highest BCUT2D eigenvalue weighted by Crippen LogP contribution is 2.42. The molecule has 2 aliphatic heterocycles. The molecule has 1 aliphatic carbocycles. The molecule has 6 heteroatoms. The van der Waals surface area contributed by atoms with Crippen molar-refractivity contribution < 1.29 is 0 Å². The smallest absolute Gasteiger partial charge is 0.193 e. The first kappa shape index (κ1) is 19.2. The molecule has 3 heterocycles. The summed E-state index contributed by atoms with van der Waals surface area (Å²) >= 11 is 2.22. The Kier molecular flexibility index (Phi) is 6.31. The van der Waals surface area contributed by atoms with E-state index in [2.05, 4.69) is 39.7 Å². The van der Waals surface area contributed by atoms with E-state index < -0.39 is 0 Å². The molecule has 1 aromatic heterocycles. The van der Waals surface area contributed by atoms with Crippen LogP contribution >= 0.6 is 11.8 Å². The maximum atomic E-state index is 4.99. The molecule has 0 bridgehead atoms. The summed E-state index contributed by atoms with van der Waals surface area (Å²) in [6.45, 7) is 7.37. The molecule has 0 aromatic carbocycles. The third kappa shape index (κ3) is 4.64. The molecule has 2 fully saturated rings. The van der Waals surface area contributed by atoms with Crippen LogP contribution in [-0.2, 0) is 19.4 Å². The summed E-state index contributed by atoms with van der Waals surface area (Å²) < 4.78 is 2.83. The standard InChI is InChI=1S/C21H35N5S/c1-2-22-20(26-14-15-27-21(17-26)10-5-3-6-11-21)23-12-9-18-16-25-13-7-4-8-19(25)24-18/h16H,2-15,17H2,1H3,(H,22,23). The van der Waals surface area contributed by atoms with Crippen molar-refractivity contribution in [1.82, 2.24) is 19.8 Å². The molecular weight excluding hydrogens is 354 g/mol. The number of aliphatic imine (C=N–C) groups is 1. The van der Waals surface area contributed by atoms with Gasteiger partial charge in [-0.05, 0) is 32.6 Å². The van der Waals surface area contributed by atoms with Gasteiger partial charge in [0.05, 0.1) is 5.69 Å². The van der Waals surface area contributed by atoms with E-state index >= 15 is 0 Å². The zero-order valence-corrected chi connectivity index (χ0v) is 17.7. The van der Waals surface area contributed by atoms with Crippen LogP contribution in [0.3, 0.4) is 0 Å². The van der Waals surface area contributed by atoms with Gasteiger partial charge in [0.1, 0.15) is 5.82 Å². The molecule has 0 amide bonds. The van der Waals surface area contributed by atoms with Crippen LogP contribution in [0.25, 0.3) is 0 Å². The maximum absolute atomic E-state index is 4.99. The molecule has 5 nitrogen and oxygen atoms in total. The lowest BCUT2D eigenvalue weighted by molar-refractivity contribution is 0.293. The number of aryl methyl sites for hydroxylation is 2. The summed E-state index contributed by atoms with van der Waals surface area (Å²) in [7, 11) is 0. The molecule has 0 atom stereocenters. The van der Waals surface area contributed by atoms with E-state index in [1.165, 1.54) is 68.8 Å². The summed E-state index contributed by atoms with van der Waals surface area (Å²) in [6, 6.07) is 0. The van der Waals surface area contributed by atoms with Gasteiger partial charge in [-0.25, -0.2) is 4.98 Å². The highest BCUT2D eigenvalue weighted by atomic mass is 32.2. The lowest BCUT2D eigenvalue weighted by Gasteiger charge is -2.45. The number of aromatic nitrogens is 2. The minimum atomic E-state index is 0.482. The van der Waals surface area contributed by atoms with E-state index in [0.29, 0.717) is 4.75 Å². The SMILES string of the molecule is CCNC(=NCCc1cn2c(n1)CCCC2)N1CCSC2(CCCCC2)C1. The predicted molar refractivity (Wildman–Crippen MR) is 115 cm³/mol. The Bertz CT molecular complexity index is 618. The minimum Gasteiger partial charge on any atom is -0.357 e. The third-order valence-electron chi connectivity index (χ3n) is 6.24. The second kappa shape index (κ2) is 8.89. The van der Waals surface area contributed by atoms with E-state index in [-0.39, 0.29) is 0 Å². The number of nitrogens with one attached hydrogen (secondary N) is 1. The molecule has 0 unspecified atom stereocenters. The number of hydrogen-bond donors (Lipinski definition) is 1. The van der Waals surface area contributed by atoms with Gasteiger partial charge in [-0.1, -0.05) is 19.3 Å². The van der Waals surface area contributed by atoms with Gasteiger partial charge in [0, 0.05) is 62.3 Å². The topological polar surface area (TPSA) is 45.5 Å². The fourth-order valence-electron chi connectivity index (χ4n) is 4.82. The summed E-state index contributed by atoms with van der Waals surface area (Å²) in [5.74, 6) is 3.63. The molecule has 4 rings (SSSR count). The second-order valence-electron chi connectivity index (χ2n) is 8.30. The average molecular weight is 390 g/mol. The van der Waals surface area contributed by atoms with Crippen molar-refractivity contribution in [3.05, 3.63) is 17.7 Å². The number of rotatable bonds is 4. The van der Waals surface area contributed by atoms with Crippen LogP contribution in [0.15, 0.2) is 11.2 Å². The lowest BCUT2D eigenvalue weighted by Crippen LogP contribution is -2.53. The molecule has 1 N–H and O–H groups in total. The second-order valence-corrected chi connectivity index (χ2v) is 9.86. The van der Waals surface area contributed by atoms with Crippen LogP contribution in [0.1, 0.15) is 63.4 Å². The molecule has 1 saturated carbocycles. The first-order chi connectivity index (χ1) is 13.3. The van der Waals surface area contributed by atoms with Gasteiger partial charge in [0.15, 0.2) is 5.96 Å². The summed E-state index contributed by atoms with van der Waals surface area (Å²) in [5.41, 5.74) is 1.21. The van der Waals surface area contributed by atoms with Gasteiger partial charge >= 0.3 is 0 Å². The van der Waals surface area contributed by atoms with Gasteiger partial charge in [-0.2, -0.15) is 11.8 Å². The summed E-state index contributed by atoms with van der Waals surface area (Å²) in [5, 5.41) is 3.55. The summed E-state index contributed by atoms with van der Waals surface area (Å²) in [4.78, 5) is 12.4. The summed E-state index contributed by atoms with van der Waals surface area (Å²) in [6.07, 6.45) is 13.9. The number of hydrogen-bond acceptors (Lipinski definition) is 3. The van der Waals surface area contributed by atoms with Gasteiger partial charge in [-0.3, -0.25) is 4.99 Å². The van der Waals surface area contributed by atoms with E-state index in [0.717, 1.165) is 45.0 Å². The van der Waals surface area contributed by atoms with Crippen molar-refractivity contribution in [2.75, 3.05) is 31.9 Å². The molecular formula is C21H35N5S. The predicted octanol–water partition coefficient (Wildman–Crippen LogP) is 3.48. The first-order valence-corrected chi connectivity index (χ1v) is 12.0. The monoisotopic (exact) mass is 389 g/mol. The Balaban J connectivity index is 1.38. The van der Waals surface area contributed by atoms with Crippen molar-refractivity contribution in [1.29, 1.82) is 0 Å². The maximum Gasteiger partial charge on any atom is 0.193 e. The van der Waals surface area contributed by atoms with Crippen molar-refractivity contribution in [2.24, 2.45) is 4.99 Å². The fraction of sp³-hybridized carbons (Fsp3) is 0.810. The van der Waals surface area contributed by atoms with Crippen LogP contribution in [0.4, 0.5) is 0 Å². The van der Waals surface area contributed by atoms with Crippen molar-refractivity contribution in [2.45, 2.75) is 76.0 Å². The van der Waals surface area contributed by atoms with Crippen LogP contribution < -0.4 is 5.32 Å². The van der Waals surface area contributed by atoms with Crippen molar-refractivity contribution in [3.63, 3.8) is 0 Å². The van der Waals surface area contributed by atoms with E-state index in [9.17, 15) is 0 Å². The lowest BCUT2D eigenvalue weighted by atomic mass is 9.87. The molecule has 1 spiro atoms. The molecule has 1 saturated heterocycles. The number of thioether (sulfide) groups is 1. The van der Waals surface area contributed by atoms with Crippen LogP contribution in [0.2, 0.25) is 0 Å². The molecule has 150 valence electrons. The van der Waals surface area contributed by atoms with Gasteiger partial charge in [-0.15, -0.1) is 0 Å². The zero-order chi connectivity index (χ0) is 18.5. The first-order valence-electron chi connectivity index (χ1n) is 11.0. The normalized spacial score (nSPS) is 22.7. The van der Waals surface area contributed by atoms with Crippen LogP contribution in [-0.4, -0.2) is 57.1 Å². The number of nitrogens with zero attached hydrogens (tertiary/aromatic N) is 4. The fourth-order valence-corrected chi connectivity index (χ4v) is 6.39. The van der Waals surface area contributed by atoms with E-state index in [1.807, 2.05) is 0 Å². The molecule has 1 aromatic rings. The minimum absolute atomic E-state index is 0.482. The molecule has 27 heavy (non-hydrogen) atoms. The number of guanidine groups is 1. The Morgan fingerprint density at radius 2 is 2.11 bits per heavy atom. The Morgan fingerprint density at radius 1 is 1.22 bits per heavy atom. The zero-order valence-electron chi connectivity index (χ0n) is 16.9. The third-order valence-corrected chi connectivity index (χ3v) is 7.77. The highest BCUT2D eigenvalue weighted by Gasteiger charge is 2.38. The van der Waals surface area contributed by atoms with Gasteiger partial charge in [0.25, 0.3) is 0 Å². The van der Waals surface area contributed by atoms with E-state index in [1.54, 1.807) is 0 Å². The molecule has 0 radical (unpaired) electrons. The van der Waals surface area contributed by atoms with Gasteiger partial charge in [0.2, 0.25) is 0 Å². The van der Waals surface area contributed by atoms with Crippen LogP contribution in [0.5, 0.6) is 0 Å². The number of imidazole rings is 1. The highest BCUT2D eigenvalue weighted by molar-refractivity contribution is 8.00. The number of fused-ring (bicyclic) bond motifs is 1. The Labute approximate surface area is 168 Å². The van der Waals surface area contributed by atoms with Crippen molar-refractivity contribution >= 4 is 17.7 Å². The van der Waals surface area contributed by atoms with Crippen molar-refractivity contribution in [3.8, 4) is 0 Å².